The molecule has 26 heavy (non-hydrogen) atoms. The zero-order valence-electron chi connectivity index (χ0n) is 15.0. The lowest BCUT2D eigenvalue weighted by Gasteiger charge is -2.35. The Labute approximate surface area is 153 Å². The van der Waals surface area contributed by atoms with Gasteiger partial charge >= 0.3 is 0 Å². The molecular formula is C20H25N3O3. The van der Waals surface area contributed by atoms with E-state index < -0.39 is 5.41 Å². The molecule has 0 radical (unpaired) electrons. The van der Waals surface area contributed by atoms with Crippen LogP contribution in [-0.2, 0) is 16.1 Å². The summed E-state index contributed by atoms with van der Waals surface area (Å²) in [4.78, 5) is 25.7. The maximum atomic E-state index is 12.9. The van der Waals surface area contributed by atoms with E-state index in [0.29, 0.717) is 31.7 Å². The minimum Gasteiger partial charge on any atom is -0.384 e. The first kappa shape index (κ1) is 18.4. The number of nitrogens with one attached hydrogen (secondary N) is 2. The zero-order chi connectivity index (χ0) is 18.4. The number of amides is 1. The summed E-state index contributed by atoms with van der Waals surface area (Å²) >= 11 is 0. The topological polar surface area (TPSA) is 72.4 Å². The SMILES string of the molecule is COCC1(C(=O)Nc2cccn(Cc3ccccc3)c2=O)CCNCC1. The molecule has 6 heteroatoms. The lowest BCUT2D eigenvalue weighted by Crippen LogP contribution is -2.48. The highest BCUT2D eigenvalue weighted by Crippen LogP contribution is 2.30. The quantitative estimate of drug-likeness (QED) is 0.830. The number of pyridine rings is 1. The Morgan fingerprint density at radius 1 is 1.19 bits per heavy atom. The van der Waals surface area contributed by atoms with Crippen LogP contribution in [0.5, 0.6) is 0 Å². The molecule has 2 N–H and O–H groups in total. The van der Waals surface area contributed by atoms with Gasteiger partial charge in [-0.2, -0.15) is 0 Å². The highest BCUT2D eigenvalue weighted by atomic mass is 16.5. The Kier molecular flexibility index (Phi) is 5.85. The van der Waals surface area contributed by atoms with Crippen molar-refractivity contribution in [3.63, 3.8) is 0 Å². The number of aromatic nitrogens is 1. The molecule has 1 aliphatic rings. The molecule has 2 heterocycles. The van der Waals surface area contributed by atoms with Crippen LogP contribution in [0.2, 0.25) is 0 Å². The Morgan fingerprint density at radius 3 is 2.62 bits per heavy atom. The molecule has 0 saturated carbocycles. The van der Waals surface area contributed by atoms with E-state index in [1.807, 2.05) is 30.3 Å². The number of anilines is 1. The van der Waals surface area contributed by atoms with Crippen molar-refractivity contribution in [1.82, 2.24) is 9.88 Å². The van der Waals surface area contributed by atoms with Gasteiger partial charge in [-0.1, -0.05) is 30.3 Å². The van der Waals surface area contributed by atoms with E-state index in [2.05, 4.69) is 10.6 Å². The van der Waals surface area contributed by atoms with Crippen LogP contribution in [0.1, 0.15) is 18.4 Å². The molecule has 1 aromatic carbocycles. The lowest BCUT2D eigenvalue weighted by atomic mass is 9.78. The second-order valence-electron chi connectivity index (χ2n) is 6.76. The van der Waals surface area contributed by atoms with Crippen LogP contribution in [0.4, 0.5) is 5.69 Å². The maximum absolute atomic E-state index is 12.9. The standard InChI is InChI=1S/C20H25N3O3/c1-26-15-20(9-11-21-12-10-20)19(25)22-17-8-5-13-23(18(17)24)14-16-6-3-2-4-7-16/h2-8,13,21H,9-12,14-15H2,1H3,(H,22,25). The first-order valence-electron chi connectivity index (χ1n) is 8.89. The van der Waals surface area contributed by atoms with E-state index in [1.165, 1.54) is 0 Å². The van der Waals surface area contributed by atoms with Crippen molar-refractivity contribution in [2.24, 2.45) is 5.41 Å². The van der Waals surface area contributed by atoms with E-state index in [0.717, 1.165) is 18.7 Å². The van der Waals surface area contributed by atoms with E-state index in [1.54, 1.807) is 30.0 Å². The van der Waals surface area contributed by atoms with Crippen molar-refractivity contribution < 1.29 is 9.53 Å². The number of benzene rings is 1. The molecule has 0 spiro atoms. The number of piperidine rings is 1. The summed E-state index contributed by atoms with van der Waals surface area (Å²) in [6.45, 7) is 2.36. The van der Waals surface area contributed by atoms with Crippen molar-refractivity contribution in [2.75, 3.05) is 32.1 Å². The lowest BCUT2D eigenvalue weighted by molar-refractivity contribution is -0.130. The number of carbonyl (C=O) groups is 1. The van der Waals surface area contributed by atoms with E-state index in [4.69, 9.17) is 4.74 Å². The van der Waals surface area contributed by atoms with E-state index in [9.17, 15) is 9.59 Å². The van der Waals surface area contributed by atoms with Crippen molar-refractivity contribution in [1.29, 1.82) is 0 Å². The fourth-order valence-electron chi connectivity index (χ4n) is 3.41. The fourth-order valence-corrected chi connectivity index (χ4v) is 3.41. The molecule has 1 aliphatic heterocycles. The molecule has 0 unspecified atom stereocenters. The number of hydrogen-bond donors (Lipinski definition) is 2. The smallest absolute Gasteiger partial charge is 0.274 e. The van der Waals surface area contributed by atoms with Crippen LogP contribution in [0.15, 0.2) is 53.5 Å². The normalized spacial score (nSPS) is 16.2. The van der Waals surface area contributed by atoms with Crippen LogP contribution in [0, 0.1) is 5.41 Å². The van der Waals surface area contributed by atoms with Crippen LogP contribution >= 0.6 is 0 Å². The van der Waals surface area contributed by atoms with Gasteiger partial charge in [0.25, 0.3) is 5.56 Å². The molecule has 2 aromatic rings. The fraction of sp³-hybridized carbons (Fsp3) is 0.400. The molecule has 0 aliphatic carbocycles. The van der Waals surface area contributed by atoms with Gasteiger partial charge in [-0.25, -0.2) is 0 Å². The minimum absolute atomic E-state index is 0.143. The maximum Gasteiger partial charge on any atom is 0.274 e. The number of rotatable bonds is 6. The average Bonchev–Trinajstić information content (AvgIpc) is 2.67. The summed E-state index contributed by atoms with van der Waals surface area (Å²) in [6.07, 6.45) is 3.12. The van der Waals surface area contributed by atoms with Crippen molar-refractivity contribution in [3.05, 3.63) is 64.6 Å². The Bertz CT molecular complexity index is 790. The Hall–Kier alpha value is -2.44. The second-order valence-corrected chi connectivity index (χ2v) is 6.76. The third kappa shape index (κ3) is 4.03. The summed E-state index contributed by atoms with van der Waals surface area (Å²) in [7, 11) is 1.60. The molecule has 1 saturated heterocycles. The monoisotopic (exact) mass is 355 g/mol. The van der Waals surface area contributed by atoms with Gasteiger partial charge in [-0.3, -0.25) is 9.59 Å². The molecular weight excluding hydrogens is 330 g/mol. The second kappa shape index (κ2) is 8.29. The first-order chi connectivity index (χ1) is 12.6. The van der Waals surface area contributed by atoms with Crippen LogP contribution in [0.25, 0.3) is 0 Å². The van der Waals surface area contributed by atoms with E-state index in [-0.39, 0.29) is 11.5 Å². The van der Waals surface area contributed by atoms with Gasteiger partial charge in [0, 0.05) is 13.3 Å². The third-order valence-electron chi connectivity index (χ3n) is 4.93. The molecule has 0 bridgehead atoms. The van der Waals surface area contributed by atoms with Crippen molar-refractivity contribution in [3.8, 4) is 0 Å². The van der Waals surface area contributed by atoms with Crippen molar-refractivity contribution in [2.45, 2.75) is 19.4 Å². The largest absolute Gasteiger partial charge is 0.384 e. The van der Waals surface area contributed by atoms with Gasteiger partial charge < -0.3 is 19.9 Å². The van der Waals surface area contributed by atoms with Gasteiger partial charge in [0.2, 0.25) is 5.91 Å². The molecule has 6 nitrogen and oxygen atoms in total. The van der Waals surface area contributed by atoms with Crippen LogP contribution in [0.3, 0.4) is 0 Å². The van der Waals surface area contributed by atoms with Gasteiger partial charge in [-0.15, -0.1) is 0 Å². The first-order valence-corrected chi connectivity index (χ1v) is 8.89. The molecule has 138 valence electrons. The summed E-state index contributed by atoms with van der Waals surface area (Å²) in [6, 6.07) is 13.2. The highest BCUT2D eigenvalue weighted by molar-refractivity contribution is 5.95. The molecule has 0 atom stereocenters. The molecule has 1 amide bonds. The van der Waals surface area contributed by atoms with Crippen LogP contribution in [-0.4, -0.2) is 37.3 Å². The van der Waals surface area contributed by atoms with Gasteiger partial charge in [0.15, 0.2) is 0 Å². The number of hydrogen-bond acceptors (Lipinski definition) is 4. The number of nitrogens with zero attached hydrogens (tertiary/aromatic N) is 1. The summed E-state index contributed by atoms with van der Waals surface area (Å²) in [5.41, 5.74) is 0.549. The third-order valence-corrected chi connectivity index (χ3v) is 4.93. The predicted molar refractivity (Wildman–Crippen MR) is 101 cm³/mol. The minimum atomic E-state index is -0.591. The Morgan fingerprint density at radius 2 is 1.92 bits per heavy atom. The Balaban J connectivity index is 1.80. The number of ether oxygens (including phenoxy) is 1. The van der Waals surface area contributed by atoms with Gasteiger partial charge in [-0.05, 0) is 43.6 Å². The molecule has 3 rings (SSSR count). The van der Waals surface area contributed by atoms with Gasteiger partial charge in [0.1, 0.15) is 5.69 Å². The number of methoxy groups -OCH3 is 1. The highest BCUT2D eigenvalue weighted by Gasteiger charge is 2.39. The van der Waals surface area contributed by atoms with E-state index >= 15 is 0 Å². The predicted octanol–water partition coefficient (Wildman–Crippen LogP) is 1.85. The molecule has 1 aromatic heterocycles. The van der Waals surface area contributed by atoms with Gasteiger partial charge in [0.05, 0.1) is 18.6 Å². The van der Waals surface area contributed by atoms with Crippen molar-refractivity contribution >= 4 is 11.6 Å². The van der Waals surface area contributed by atoms with Crippen LogP contribution < -0.4 is 16.2 Å². The summed E-state index contributed by atoms with van der Waals surface area (Å²) < 4.78 is 6.91. The number of carbonyl (C=O) groups excluding carboxylic acids is 1. The molecule has 1 fully saturated rings. The zero-order valence-corrected chi connectivity index (χ0v) is 15.0. The summed E-state index contributed by atoms with van der Waals surface area (Å²) in [5.74, 6) is -0.143. The summed E-state index contributed by atoms with van der Waals surface area (Å²) in [5, 5.41) is 6.11. The average molecular weight is 355 g/mol.